The summed E-state index contributed by atoms with van der Waals surface area (Å²) in [5.41, 5.74) is 0.670. The number of rotatable bonds is 3. The molecule has 1 N–H and O–H groups in total. The van der Waals surface area contributed by atoms with Crippen LogP contribution in [0.3, 0.4) is 0 Å². The monoisotopic (exact) mass is 268 g/mol. The molecule has 0 saturated carbocycles. The second-order valence-electron chi connectivity index (χ2n) is 5.62. The van der Waals surface area contributed by atoms with Crippen molar-refractivity contribution in [3.05, 3.63) is 29.6 Å². The summed E-state index contributed by atoms with van der Waals surface area (Å²) in [4.78, 5) is 12.8. The van der Waals surface area contributed by atoms with Gasteiger partial charge >= 0.3 is 6.09 Å². The number of nitrogens with zero attached hydrogens (tertiary/aromatic N) is 1. The van der Waals surface area contributed by atoms with Crippen LogP contribution in [0, 0.1) is 5.82 Å². The highest BCUT2D eigenvalue weighted by molar-refractivity contribution is 5.70. The summed E-state index contributed by atoms with van der Waals surface area (Å²) in [5.74, 6) is -0.184. The summed E-state index contributed by atoms with van der Waals surface area (Å²) in [6, 6.07) is 4.19. The zero-order valence-corrected chi connectivity index (χ0v) is 12.1. The lowest BCUT2D eigenvalue weighted by atomic mass is 10.1. The van der Waals surface area contributed by atoms with Crippen molar-refractivity contribution >= 4 is 6.09 Å². The molecule has 0 aromatic heterocycles. The molecule has 0 fully saturated rings. The molecule has 0 atom stereocenters. The molecule has 19 heavy (non-hydrogen) atoms. The van der Waals surface area contributed by atoms with Crippen molar-refractivity contribution < 1.29 is 13.9 Å². The molecule has 0 aliphatic carbocycles. The van der Waals surface area contributed by atoms with Gasteiger partial charge in [-0.1, -0.05) is 6.07 Å². The second kappa shape index (κ2) is 6.02. The van der Waals surface area contributed by atoms with Crippen LogP contribution < -0.4 is 10.1 Å². The van der Waals surface area contributed by atoms with Crippen molar-refractivity contribution in [1.29, 1.82) is 0 Å². The quantitative estimate of drug-likeness (QED) is 0.916. The molecular weight excluding hydrogens is 247 g/mol. The predicted molar refractivity (Wildman–Crippen MR) is 72.7 cm³/mol. The average molecular weight is 268 g/mol. The zero-order valence-electron chi connectivity index (χ0n) is 12.1. The number of ether oxygens (including phenoxy) is 1. The van der Waals surface area contributed by atoms with Gasteiger partial charge < -0.3 is 15.0 Å². The third-order valence-corrected chi connectivity index (χ3v) is 2.40. The minimum absolute atomic E-state index is 0.0722. The fourth-order valence-corrected chi connectivity index (χ4v) is 1.32. The number of halogens is 1. The predicted octanol–water partition coefficient (Wildman–Crippen LogP) is 2.77. The van der Waals surface area contributed by atoms with Gasteiger partial charge in [0.25, 0.3) is 0 Å². The van der Waals surface area contributed by atoms with E-state index in [1.807, 2.05) is 20.8 Å². The van der Waals surface area contributed by atoms with Crippen LogP contribution in [0.15, 0.2) is 18.2 Å². The minimum Gasteiger partial charge on any atom is -0.410 e. The van der Waals surface area contributed by atoms with Gasteiger partial charge in [-0.05, 0) is 26.8 Å². The molecule has 0 spiro atoms. The Labute approximate surface area is 113 Å². The maximum atomic E-state index is 13.2. The number of nitrogens with one attached hydrogen (secondary N) is 1. The summed E-state index contributed by atoms with van der Waals surface area (Å²) < 4.78 is 18.4. The van der Waals surface area contributed by atoms with Gasteiger partial charge in [0.1, 0.15) is 11.6 Å². The minimum atomic E-state index is -0.525. The molecule has 1 aromatic rings. The summed E-state index contributed by atoms with van der Waals surface area (Å²) in [6.07, 6.45) is -0.525. The Bertz CT molecular complexity index is 453. The van der Waals surface area contributed by atoms with Gasteiger partial charge in [0.15, 0.2) is 0 Å². The highest BCUT2D eigenvalue weighted by Crippen LogP contribution is 2.21. The van der Waals surface area contributed by atoms with Crippen molar-refractivity contribution in [2.24, 2.45) is 0 Å². The van der Waals surface area contributed by atoms with Crippen LogP contribution in [-0.4, -0.2) is 30.6 Å². The van der Waals surface area contributed by atoms with Gasteiger partial charge in [-0.15, -0.1) is 0 Å². The van der Waals surface area contributed by atoms with Gasteiger partial charge in [0.05, 0.1) is 0 Å². The molecule has 0 heterocycles. The van der Waals surface area contributed by atoms with Crippen molar-refractivity contribution in [2.45, 2.75) is 32.9 Å². The molecule has 0 saturated heterocycles. The van der Waals surface area contributed by atoms with E-state index in [9.17, 15) is 9.18 Å². The fourth-order valence-electron chi connectivity index (χ4n) is 1.32. The number of hydrogen-bond donors (Lipinski definition) is 1. The molecule has 0 aliphatic heterocycles. The highest BCUT2D eigenvalue weighted by atomic mass is 19.1. The van der Waals surface area contributed by atoms with Crippen LogP contribution in [0.4, 0.5) is 9.18 Å². The molecular formula is C14H21FN2O2. The normalized spacial score (nSPS) is 11.3. The van der Waals surface area contributed by atoms with E-state index in [-0.39, 0.29) is 11.3 Å². The molecule has 4 nitrogen and oxygen atoms in total. The topological polar surface area (TPSA) is 41.6 Å². The van der Waals surface area contributed by atoms with E-state index in [0.717, 1.165) is 5.56 Å². The van der Waals surface area contributed by atoms with E-state index >= 15 is 0 Å². The van der Waals surface area contributed by atoms with Crippen molar-refractivity contribution in [3.63, 3.8) is 0 Å². The van der Waals surface area contributed by atoms with Crippen molar-refractivity contribution in [3.8, 4) is 5.75 Å². The molecule has 0 bridgehead atoms. The van der Waals surface area contributed by atoms with Gasteiger partial charge in [0, 0.05) is 37.8 Å². The van der Waals surface area contributed by atoms with Crippen LogP contribution in [0.1, 0.15) is 26.3 Å². The smallest absolute Gasteiger partial charge is 0.410 e. The lowest BCUT2D eigenvalue weighted by Gasteiger charge is -2.21. The lowest BCUT2D eigenvalue weighted by Crippen LogP contribution is -2.35. The van der Waals surface area contributed by atoms with Crippen LogP contribution in [0.25, 0.3) is 0 Å². The van der Waals surface area contributed by atoms with Crippen LogP contribution >= 0.6 is 0 Å². The van der Waals surface area contributed by atoms with Gasteiger partial charge in [0.2, 0.25) is 0 Å². The zero-order chi connectivity index (χ0) is 14.6. The third kappa shape index (κ3) is 5.26. The Morgan fingerprint density at radius 2 is 2.00 bits per heavy atom. The fraction of sp³-hybridized carbons (Fsp3) is 0.500. The van der Waals surface area contributed by atoms with Crippen LogP contribution in [-0.2, 0) is 6.54 Å². The molecule has 0 unspecified atom stereocenters. The molecule has 1 amide bonds. The second-order valence-corrected chi connectivity index (χ2v) is 5.62. The van der Waals surface area contributed by atoms with Crippen molar-refractivity contribution in [1.82, 2.24) is 10.2 Å². The largest absolute Gasteiger partial charge is 0.414 e. The number of carbonyl (C=O) groups excluding carboxylic acids is 1. The Balaban J connectivity index is 2.88. The van der Waals surface area contributed by atoms with E-state index in [1.54, 1.807) is 20.2 Å². The number of amides is 1. The van der Waals surface area contributed by atoms with E-state index in [1.165, 1.54) is 17.0 Å². The molecule has 0 radical (unpaired) electrons. The number of hydrogen-bond acceptors (Lipinski definition) is 3. The van der Waals surface area contributed by atoms with Crippen LogP contribution in [0.5, 0.6) is 5.75 Å². The summed E-state index contributed by atoms with van der Waals surface area (Å²) in [5, 5.41) is 3.27. The van der Waals surface area contributed by atoms with E-state index < -0.39 is 11.9 Å². The standard InChI is InChI=1S/C14H21FN2O2/c1-14(2,3)16-9-10-6-7-11(15)8-12(10)19-13(18)17(4)5/h6-8,16H,9H2,1-5H3. The molecule has 106 valence electrons. The Morgan fingerprint density at radius 1 is 1.37 bits per heavy atom. The van der Waals surface area contributed by atoms with Crippen molar-refractivity contribution in [2.75, 3.05) is 14.1 Å². The Hall–Kier alpha value is -1.62. The highest BCUT2D eigenvalue weighted by Gasteiger charge is 2.14. The van der Waals surface area contributed by atoms with Crippen LogP contribution in [0.2, 0.25) is 0 Å². The Morgan fingerprint density at radius 3 is 2.53 bits per heavy atom. The molecule has 0 aliphatic rings. The maximum Gasteiger partial charge on any atom is 0.414 e. The first-order chi connectivity index (χ1) is 8.69. The first kappa shape index (κ1) is 15.4. The first-order valence-corrected chi connectivity index (χ1v) is 6.11. The Kier molecular flexibility index (Phi) is 4.89. The maximum absolute atomic E-state index is 13.2. The van der Waals surface area contributed by atoms with Gasteiger partial charge in [-0.2, -0.15) is 0 Å². The summed E-state index contributed by atoms with van der Waals surface area (Å²) in [7, 11) is 3.16. The lowest BCUT2D eigenvalue weighted by molar-refractivity contribution is 0.171. The van der Waals surface area contributed by atoms with E-state index in [0.29, 0.717) is 6.54 Å². The summed E-state index contributed by atoms with van der Waals surface area (Å²) >= 11 is 0. The third-order valence-electron chi connectivity index (χ3n) is 2.40. The number of benzene rings is 1. The number of carbonyl (C=O) groups is 1. The summed E-state index contributed by atoms with van der Waals surface area (Å²) in [6.45, 7) is 6.59. The molecule has 1 aromatic carbocycles. The first-order valence-electron chi connectivity index (χ1n) is 6.11. The van der Waals surface area contributed by atoms with Gasteiger partial charge in [-0.3, -0.25) is 0 Å². The van der Waals surface area contributed by atoms with E-state index in [4.69, 9.17) is 4.74 Å². The SMILES string of the molecule is CN(C)C(=O)Oc1cc(F)ccc1CNC(C)(C)C. The average Bonchev–Trinajstić information content (AvgIpc) is 2.26. The van der Waals surface area contributed by atoms with Gasteiger partial charge in [-0.25, -0.2) is 9.18 Å². The molecule has 1 rings (SSSR count). The molecule has 5 heteroatoms. The van der Waals surface area contributed by atoms with E-state index in [2.05, 4.69) is 5.32 Å².